The summed E-state index contributed by atoms with van der Waals surface area (Å²) >= 11 is 3.41. The molecule has 0 aliphatic heterocycles. The average Bonchev–Trinajstić information content (AvgIpc) is 3.02. The molecule has 0 radical (unpaired) electrons. The molecule has 0 spiro atoms. The molecule has 0 saturated carbocycles. The van der Waals surface area contributed by atoms with Crippen molar-refractivity contribution in [2.45, 2.75) is 112 Å². The van der Waals surface area contributed by atoms with Crippen LogP contribution >= 0.6 is 15.9 Å². The zero-order chi connectivity index (χ0) is 35.6. The summed E-state index contributed by atoms with van der Waals surface area (Å²) in [5.74, 6) is 0.428. The van der Waals surface area contributed by atoms with E-state index in [1.807, 2.05) is 90.1 Å². The number of halogens is 1. The Bertz CT molecular complexity index is 1250. The van der Waals surface area contributed by atoms with Gasteiger partial charge in [0.05, 0.1) is 6.04 Å². The molecule has 0 saturated heterocycles. The minimum atomic E-state index is -0.510. The van der Waals surface area contributed by atoms with E-state index >= 15 is 0 Å². The molecule has 0 fully saturated rings. The minimum Gasteiger partial charge on any atom is -0.490 e. The van der Waals surface area contributed by atoms with Gasteiger partial charge >= 0.3 is 6.09 Å². The number of nitrogens with zero attached hydrogens (tertiary/aromatic N) is 1. The fraction of sp³-hybridized carbons (Fsp3) is 0.579. The van der Waals surface area contributed by atoms with E-state index in [1.165, 1.54) is 11.8 Å². The van der Waals surface area contributed by atoms with Crippen molar-refractivity contribution in [3.63, 3.8) is 0 Å². The predicted molar refractivity (Wildman–Crippen MR) is 193 cm³/mol. The van der Waals surface area contributed by atoms with Gasteiger partial charge in [0, 0.05) is 37.2 Å². The number of para-hydroxylation sites is 1. The molecule has 9 heteroatoms. The van der Waals surface area contributed by atoms with Crippen LogP contribution in [0.5, 0.6) is 5.75 Å². The van der Waals surface area contributed by atoms with Crippen LogP contribution < -0.4 is 10.1 Å². The van der Waals surface area contributed by atoms with Gasteiger partial charge in [0.1, 0.15) is 23.2 Å². The molecule has 8 nitrogen and oxygen atoms in total. The molecule has 2 amide bonds. The number of aryl methyl sites for hydroxylation is 1. The number of alkyl halides is 1. The number of hydrogen-bond donors (Lipinski definition) is 1. The van der Waals surface area contributed by atoms with Crippen molar-refractivity contribution >= 4 is 39.5 Å². The Morgan fingerprint density at radius 2 is 1.57 bits per heavy atom. The monoisotopic (exact) mass is 716 g/mol. The summed E-state index contributed by atoms with van der Waals surface area (Å²) in [5, 5.41) is 3.56. The fourth-order valence-electron chi connectivity index (χ4n) is 4.84. The van der Waals surface area contributed by atoms with Crippen LogP contribution in [0.15, 0.2) is 54.6 Å². The fourth-order valence-corrected chi connectivity index (χ4v) is 4.97. The van der Waals surface area contributed by atoms with Crippen molar-refractivity contribution in [3.05, 3.63) is 65.7 Å². The van der Waals surface area contributed by atoms with Crippen LogP contribution in [-0.2, 0) is 32.0 Å². The number of carbonyl (C=O) groups excluding carboxylic acids is 4. The number of nitrogens with one attached hydrogen (secondary N) is 1. The molecule has 0 aliphatic carbocycles. The van der Waals surface area contributed by atoms with Crippen LogP contribution in [0.2, 0.25) is 0 Å². The maximum Gasteiger partial charge on any atom is 0.407 e. The highest BCUT2D eigenvalue weighted by atomic mass is 79.9. The van der Waals surface area contributed by atoms with Gasteiger partial charge in [-0.1, -0.05) is 84.7 Å². The number of hydrogen-bond acceptors (Lipinski definition) is 6. The van der Waals surface area contributed by atoms with E-state index in [4.69, 9.17) is 9.47 Å². The van der Waals surface area contributed by atoms with E-state index in [9.17, 15) is 19.2 Å². The third kappa shape index (κ3) is 17.0. The normalized spacial score (nSPS) is 13.6. The van der Waals surface area contributed by atoms with Crippen LogP contribution in [0.1, 0.15) is 92.2 Å². The van der Waals surface area contributed by atoms with Crippen LogP contribution in [-0.4, -0.2) is 65.1 Å². The average molecular weight is 718 g/mol. The molecule has 0 heterocycles. The Morgan fingerprint density at radius 1 is 0.957 bits per heavy atom. The number of carbonyl (C=O) groups is 4. The molecule has 2 aromatic carbocycles. The second-order valence-electron chi connectivity index (χ2n) is 13.2. The van der Waals surface area contributed by atoms with Crippen LogP contribution in [0.25, 0.3) is 0 Å². The van der Waals surface area contributed by atoms with Gasteiger partial charge in [0.25, 0.3) is 0 Å². The quantitative estimate of drug-likeness (QED) is 0.132. The van der Waals surface area contributed by atoms with Gasteiger partial charge in [-0.05, 0) is 84.4 Å². The second kappa shape index (κ2) is 21.6. The van der Waals surface area contributed by atoms with Gasteiger partial charge in [-0.15, -0.1) is 0 Å². The zero-order valence-electron chi connectivity index (χ0n) is 29.9. The van der Waals surface area contributed by atoms with Gasteiger partial charge in [-0.25, -0.2) is 4.79 Å². The largest absolute Gasteiger partial charge is 0.490 e. The third-order valence-corrected chi connectivity index (χ3v) is 8.61. The van der Waals surface area contributed by atoms with Crippen molar-refractivity contribution in [2.24, 2.45) is 11.8 Å². The van der Waals surface area contributed by atoms with Crippen molar-refractivity contribution in [1.29, 1.82) is 0 Å². The van der Waals surface area contributed by atoms with Crippen molar-refractivity contribution < 1.29 is 28.7 Å². The molecule has 1 unspecified atom stereocenters. The SMILES string of the molecule is CCCC(C)C(=O)N(C)[C@H](C)C(=O)C[C@H](Cc1ccccc1)C(C)=O.C[C@H](CBr)Oc1ccccc1CCCNC(=O)OC(C)(C)C. The summed E-state index contributed by atoms with van der Waals surface area (Å²) in [4.78, 5) is 50.1. The van der Waals surface area contributed by atoms with Crippen molar-refractivity contribution in [2.75, 3.05) is 18.9 Å². The first-order chi connectivity index (χ1) is 22.1. The zero-order valence-corrected chi connectivity index (χ0v) is 31.5. The van der Waals surface area contributed by atoms with Gasteiger partial charge < -0.3 is 19.7 Å². The highest BCUT2D eigenvalue weighted by molar-refractivity contribution is 9.09. The summed E-state index contributed by atoms with van der Waals surface area (Å²) in [7, 11) is 1.68. The van der Waals surface area contributed by atoms with E-state index in [2.05, 4.69) is 27.3 Å². The standard InChI is InChI=1S/C21H31NO3.C17H26BrNO3/c1-6-10-15(2)21(25)22(5)16(3)20(24)14-19(17(4)23)13-18-11-8-7-9-12-18;1-13(12-18)21-15-10-6-5-8-14(15)9-7-11-19-16(20)22-17(2,3)4/h7-9,11-12,15-16,19H,6,10,13-14H2,1-5H3;5-6,8,10,13H,7,9,11-12H2,1-4H3,(H,19,20)/t15?,16-,19+;13-/m11/s1. The van der Waals surface area contributed by atoms with Crippen molar-refractivity contribution in [1.82, 2.24) is 10.2 Å². The first kappa shape index (κ1) is 41.8. The number of rotatable bonds is 17. The minimum absolute atomic E-state index is 0.00913. The van der Waals surface area contributed by atoms with Crippen LogP contribution in [0.3, 0.4) is 0 Å². The lowest BCUT2D eigenvalue weighted by atomic mass is 9.89. The first-order valence-corrected chi connectivity index (χ1v) is 17.8. The van der Waals surface area contributed by atoms with E-state index in [0.29, 0.717) is 13.0 Å². The molecule has 2 aromatic rings. The Kier molecular flexibility index (Phi) is 19.2. The number of ether oxygens (including phenoxy) is 2. The van der Waals surface area contributed by atoms with Gasteiger partial charge in [-0.2, -0.15) is 0 Å². The number of ketones is 2. The molecule has 0 bridgehead atoms. The Labute approximate surface area is 291 Å². The number of amides is 2. The van der Waals surface area contributed by atoms with Gasteiger partial charge in [0.2, 0.25) is 5.91 Å². The highest BCUT2D eigenvalue weighted by Gasteiger charge is 2.28. The first-order valence-electron chi connectivity index (χ1n) is 16.7. The Morgan fingerprint density at radius 3 is 2.15 bits per heavy atom. The predicted octanol–water partition coefficient (Wildman–Crippen LogP) is 7.98. The molecular weight excluding hydrogens is 660 g/mol. The Hall–Kier alpha value is -3.20. The summed E-state index contributed by atoms with van der Waals surface area (Å²) < 4.78 is 11.1. The third-order valence-electron chi connectivity index (χ3n) is 7.69. The molecular formula is C38H57BrN2O6. The smallest absolute Gasteiger partial charge is 0.407 e. The summed E-state index contributed by atoms with van der Waals surface area (Å²) in [6.45, 7) is 15.4. The molecule has 47 heavy (non-hydrogen) atoms. The Balaban J connectivity index is 0.000000474. The number of alkyl carbamates (subject to hydrolysis) is 1. The van der Waals surface area contributed by atoms with E-state index in [1.54, 1.807) is 14.0 Å². The lowest BCUT2D eigenvalue weighted by Gasteiger charge is -2.27. The number of likely N-dealkylation sites (N-methyl/N-ethyl adjacent to an activating group) is 1. The lowest BCUT2D eigenvalue weighted by Crippen LogP contribution is -2.43. The maximum atomic E-state index is 12.6. The lowest BCUT2D eigenvalue weighted by molar-refractivity contribution is -0.141. The van der Waals surface area contributed by atoms with Gasteiger partial charge in [-0.3, -0.25) is 14.4 Å². The molecule has 262 valence electrons. The number of benzene rings is 2. The molecule has 0 aromatic heterocycles. The van der Waals surface area contributed by atoms with Crippen LogP contribution in [0, 0.1) is 11.8 Å². The van der Waals surface area contributed by atoms with E-state index in [0.717, 1.165) is 47.9 Å². The molecule has 4 atom stereocenters. The van der Waals surface area contributed by atoms with E-state index < -0.39 is 11.6 Å². The summed E-state index contributed by atoms with van der Waals surface area (Å²) in [6.07, 6.45) is 3.92. The summed E-state index contributed by atoms with van der Waals surface area (Å²) in [6, 6.07) is 17.2. The van der Waals surface area contributed by atoms with Crippen molar-refractivity contribution in [3.8, 4) is 5.75 Å². The molecule has 2 rings (SSSR count). The number of Topliss-reactive ketones (excluding diaryl/α,β-unsaturated/α-hetero) is 2. The maximum absolute atomic E-state index is 12.6. The summed E-state index contributed by atoms with van der Waals surface area (Å²) in [5.41, 5.74) is 1.74. The molecule has 1 N–H and O–H groups in total. The van der Waals surface area contributed by atoms with E-state index in [-0.39, 0.29) is 47.9 Å². The topological polar surface area (TPSA) is 102 Å². The van der Waals surface area contributed by atoms with Crippen LogP contribution in [0.4, 0.5) is 4.79 Å². The highest BCUT2D eigenvalue weighted by Crippen LogP contribution is 2.21. The van der Waals surface area contributed by atoms with Gasteiger partial charge in [0.15, 0.2) is 5.78 Å². The second-order valence-corrected chi connectivity index (χ2v) is 13.9. The molecule has 0 aliphatic rings.